The van der Waals surface area contributed by atoms with Crippen molar-refractivity contribution < 1.29 is 8.76 Å². The van der Waals surface area contributed by atoms with Gasteiger partial charge in [-0.1, -0.05) is 0 Å². The Morgan fingerprint density at radius 2 is 2.29 bits per heavy atom. The quantitative estimate of drug-likeness (QED) is 0.758. The van der Waals surface area contributed by atoms with Gasteiger partial charge in [0.15, 0.2) is 11.1 Å². The first-order valence-electron chi connectivity index (χ1n) is 5.58. The number of aromatic amines is 1. The smallest absolute Gasteiger partial charge is 0.186 e. The Hall–Kier alpha value is -1.17. The zero-order chi connectivity index (χ0) is 12.0. The van der Waals surface area contributed by atoms with Crippen molar-refractivity contribution in [3.8, 4) is 0 Å². The second-order valence-corrected chi connectivity index (χ2v) is 5.50. The summed E-state index contributed by atoms with van der Waals surface area (Å²) in [5.41, 5.74) is 3.58. The second-order valence-electron chi connectivity index (χ2n) is 4.53. The summed E-state index contributed by atoms with van der Waals surface area (Å²) < 4.78 is 20.2. The molecule has 0 amide bonds. The van der Waals surface area contributed by atoms with Crippen LogP contribution in [0, 0.1) is 0 Å². The molecule has 3 rings (SSSR count). The number of H-pyrrole nitrogens is 1. The number of fused-ring (bicyclic) bond motifs is 3. The lowest BCUT2D eigenvalue weighted by Gasteiger charge is -2.22. The van der Waals surface area contributed by atoms with E-state index in [4.69, 9.17) is 4.55 Å². The molecular weight excluding hydrogens is 236 g/mol. The lowest BCUT2D eigenvalue weighted by molar-refractivity contribution is 0.313. The van der Waals surface area contributed by atoms with Gasteiger partial charge in [-0.3, -0.25) is 0 Å². The van der Waals surface area contributed by atoms with Crippen molar-refractivity contribution in [1.82, 2.24) is 9.88 Å². The number of aromatic nitrogens is 1. The number of rotatable bonds is 1. The molecule has 1 aromatic carbocycles. The van der Waals surface area contributed by atoms with Gasteiger partial charge in [-0.25, -0.2) is 4.21 Å². The third-order valence-electron chi connectivity index (χ3n) is 3.34. The summed E-state index contributed by atoms with van der Waals surface area (Å²) in [7, 11) is 2.09. The fraction of sp³-hybridized carbons (Fsp3) is 0.333. The lowest BCUT2D eigenvalue weighted by atomic mass is 10.1. The van der Waals surface area contributed by atoms with Gasteiger partial charge in [0.25, 0.3) is 0 Å². The molecule has 2 heterocycles. The molecule has 1 aliphatic rings. The van der Waals surface area contributed by atoms with Gasteiger partial charge in [0.2, 0.25) is 0 Å². The second kappa shape index (κ2) is 3.94. The molecule has 4 nitrogen and oxygen atoms in total. The van der Waals surface area contributed by atoms with E-state index in [2.05, 4.69) is 16.9 Å². The average molecular weight is 250 g/mol. The van der Waals surface area contributed by atoms with Crippen LogP contribution >= 0.6 is 0 Å². The zero-order valence-electron chi connectivity index (χ0n) is 9.56. The summed E-state index contributed by atoms with van der Waals surface area (Å²) in [6, 6.07) is 5.40. The SMILES string of the molecule is CN1CCc2[nH]c3ccc(S(=O)O)cc3c2C1. The fourth-order valence-corrected chi connectivity index (χ4v) is 2.84. The van der Waals surface area contributed by atoms with Crippen LogP contribution in [0.3, 0.4) is 0 Å². The van der Waals surface area contributed by atoms with E-state index in [0.29, 0.717) is 4.90 Å². The molecule has 0 saturated heterocycles. The first kappa shape index (κ1) is 11.0. The van der Waals surface area contributed by atoms with E-state index in [-0.39, 0.29) is 0 Å². The van der Waals surface area contributed by atoms with Gasteiger partial charge < -0.3 is 14.4 Å². The van der Waals surface area contributed by atoms with E-state index in [1.54, 1.807) is 6.07 Å². The summed E-state index contributed by atoms with van der Waals surface area (Å²) >= 11 is -1.91. The van der Waals surface area contributed by atoms with Gasteiger partial charge in [-0.2, -0.15) is 0 Å². The highest BCUT2D eigenvalue weighted by Crippen LogP contribution is 2.28. The fourth-order valence-electron chi connectivity index (χ4n) is 2.44. The zero-order valence-corrected chi connectivity index (χ0v) is 10.4. The summed E-state index contributed by atoms with van der Waals surface area (Å²) in [5, 5.41) is 1.08. The molecule has 0 radical (unpaired) electrons. The predicted octanol–water partition coefficient (Wildman–Crippen LogP) is 1.74. The topological polar surface area (TPSA) is 56.3 Å². The van der Waals surface area contributed by atoms with E-state index in [1.165, 1.54) is 11.3 Å². The van der Waals surface area contributed by atoms with Crippen LogP contribution in [-0.2, 0) is 24.0 Å². The van der Waals surface area contributed by atoms with Crippen LogP contribution in [-0.4, -0.2) is 32.2 Å². The van der Waals surface area contributed by atoms with E-state index < -0.39 is 11.1 Å². The first-order valence-corrected chi connectivity index (χ1v) is 6.68. The van der Waals surface area contributed by atoms with Crippen LogP contribution in [0.5, 0.6) is 0 Å². The third-order valence-corrected chi connectivity index (χ3v) is 4.00. The van der Waals surface area contributed by atoms with Gasteiger partial charge in [0.05, 0.1) is 4.90 Å². The van der Waals surface area contributed by atoms with Crippen molar-refractivity contribution in [2.75, 3.05) is 13.6 Å². The molecule has 0 spiro atoms. The molecule has 1 aliphatic heterocycles. The average Bonchev–Trinajstić information content (AvgIpc) is 2.66. The van der Waals surface area contributed by atoms with E-state index in [0.717, 1.165) is 30.4 Å². The number of hydrogen-bond donors (Lipinski definition) is 2. The molecule has 0 bridgehead atoms. The monoisotopic (exact) mass is 250 g/mol. The molecule has 1 unspecified atom stereocenters. The van der Waals surface area contributed by atoms with Crippen molar-refractivity contribution in [2.45, 2.75) is 17.9 Å². The van der Waals surface area contributed by atoms with Crippen molar-refractivity contribution in [3.63, 3.8) is 0 Å². The minimum Gasteiger partial charge on any atom is -0.358 e. The molecule has 2 aromatic rings. The summed E-state index contributed by atoms with van der Waals surface area (Å²) in [4.78, 5) is 6.12. The number of benzene rings is 1. The van der Waals surface area contributed by atoms with Gasteiger partial charge in [-0.15, -0.1) is 0 Å². The lowest BCUT2D eigenvalue weighted by Crippen LogP contribution is -2.26. The standard InChI is InChI=1S/C12H14N2O2S/c1-14-5-4-12-10(7-14)9-6-8(17(15)16)2-3-11(9)13-12/h2-3,6,13H,4-5,7H2,1H3,(H,15,16). The van der Waals surface area contributed by atoms with E-state index in [9.17, 15) is 4.21 Å². The third kappa shape index (κ3) is 1.80. The predicted molar refractivity (Wildman–Crippen MR) is 67.4 cm³/mol. The maximum atomic E-state index is 11.1. The normalized spacial score (nSPS) is 18.2. The maximum Gasteiger partial charge on any atom is 0.186 e. The summed E-state index contributed by atoms with van der Waals surface area (Å²) in [6.45, 7) is 1.95. The van der Waals surface area contributed by atoms with Crippen molar-refractivity contribution >= 4 is 22.0 Å². The van der Waals surface area contributed by atoms with Crippen LogP contribution in [0.4, 0.5) is 0 Å². The van der Waals surface area contributed by atoms with Crippen LogP contribution in [0.15, 0.2) is 23.1 Å². The maximum absolute atomic E-state index is 11.1. The molecule has 2 N–H and O–H groups in total. The molecule has 1 aromatic heterocycles. The van der Waals surface area contributed by atoms with Gasteiger partial charge >= 0.3 is 0 Å². The Morgan fingerprint density at radius 1 is 1.47 bits per heavy atom. The Balaban J connectivity index is 2.21. The highest BCUT2D eigenvalue weighted by molar-refractivity contribution is 7.79. The molecule has 1 atom stereocenters. The minimum absolute atomic E-state index is 0.465. The number of nitrogens with zero attached hydrogens (tertiary/aromatic N) is 1. The molecule has 90 valence electrons. The Morgan fingerprint density at radius 3 is 3.06 bits per heavy atom. The van der Waals surface area contributed by atoms with Gasteiger partial charge in [0.1, 0.15) is 0 Å². The molecular formula is C12H14N2O2S. The van der Waals surface area contributed by atoms with Crippen molar-refractivity contribution in [3.05, 3.63) is 29.5 Å². The highest BCUT2D eigenvalue weighted by Gasteiger charge is 2.18. The Kier molecular flexibility index (Phi) is 2.54. The number of likely N-dealkylation sites (N-methyl/N-ethyl adjacent to an activating group) is 1. The van der Waals surface area contributed by atoms with E-state index in [1.807, 2.05) is 12.1 Å². The van der Waals surface area contributed by atoms with E-state index >= 15 is 0 Å². The van der Waals surface area contributed by atoms with Gasteiger partial charge in [-0.05, 0) is 30.8 Å². The van der Waals surface area contributed by atoms with Crippen molar-refractivity contribution in [1.29, 1.82) is 0 Å². The first-order chi connectivity index (χ1) is 8.15. The van der Waals surface area contributed by atoms with Gasteiger partial charge in [0, 0.05) is 36.1 Å². The summed E-state index contributed by atoms with van der Waals surface area (Å²) in [6.07, 6.45) is 1.01. The highest BCUT2D eigenvalue weighted by atomic mass is 32.2. The Labute approximate surface area is 102 Å². The molecule has 0 fully saturated rings. The van der Waals surface area contributed by atoms with Crippen LogP contribution in [0.25, 0.3) is 10.9 Å². The molecule has 5 heteroatoms. The number of nitrogens with one attached hydrogen (secondary N) is 1. The minimum atomic E-state index is -1.91. The number of hydrogen-bond acceptors (Lipinski definition) is 2. The molecule has 0 saturated carbocycles. The largest absolute Gasteiger partial charge is 0.358 e. The Bertz CT molecular complexity index is 606. The van der Waals surface area contributed by atoms with Crippen molar-refractivity contribution in [2.24, 2.45) is 0 Å². The molecule has 0 aliphatic carbocycles. The van der Waals surface area contributed by atoms with Crippen LogP contribution < -0.4 is 0 Å². The summed E-state index contributed by atoms with van der Waals surface area (Å²) in [5.74, 6) is 0. The molecule has 17 heavy (non-hydrogen) atoms. The van der Waals surface area contributed by atoms with Crippen LogP contribution in [0.1, 0.15) is 11.3 Å². The van der Waals surface area contributed by atoms with Crippen LogP contribution in [0.2, 0.25) is 0 Å².